The number of fused-ring (bicyclic) bond motifs is 2. The number of carbonyl (C=O) groups is 1. The molecule has 0 heterocycles. The first-order valence-corrected chi connectivity index (χ1v) is 8.67. The Bertz CT molecular complexity index is 745. The predicted octanol–water partition coefficient (Wildman–Crippen LogP) is 4.15. The van der Waals surface area contributed by atoms with E-state index in [1.807, 2.05) is 20.8 Å². The van der Waals surface area contributed by atoms with E-state index in [9.17, 15) is 4.79 Å². The number of allylic oxidation sites excluding steroid dienone is 2. The van der Waals surface area contributed by atoms with Crippen molar-refractivity contribution in [3.63, 3.8) is 0 Å². The van der Waals surface area contributed by atoms with Crippen LogP contribution in [0.1, 0.15) is 45.6 Å². The van der Waals surface area contributed by atoms with Crippen molar-refractivity contribution in [1.29, 1.82) is 0 Å². The Morgan fingerprint density at radius 3 is 2.65 bits per heavy atom. The third kappa shape index (κ3) is 1.49. The topological polar surface area (TPSA) is 38.3 Å². The number of alkyl carbamates (subject to hydrolysis) is 1. The number of amides is 1. The lowest BCUT2D eigenvalue weighted by Gasteiger charge is -2.46. The van der Waals surface area contributed by atoms with Crippen LogP contribution in [-0.2, 0) is 10.2 Å². The van der Waals surface area contributed by atoms with Crippen molar-refractivity contribution in [2.75, 3.05) is 0 Å². The van der Waals surface area contributed by atoms with E-state index in [4.69, 9.17) is 4.74 Å². The summed E-state index contributed by atoms with van der Waals surface area (Å²) in [6.07, 6.45) is 3.45. The van der Waals surface area contributed by atoms with Crippen molar-refractivity contribution < 1.29 is 9.53 Å². The Kier molecular flexibility index (Phi) is 2.27. The second kappa shape index (κ2) is 3.82. The average molecular weight is 309 g/mol. The van der Waals surface area contributed by atoms with Crippen LogP contribution in [0.25, 0.3) is 0 Å². The van der Waals surface area contributed by atoms with E-state index in [1.54, 1.807) is 0 Å². The van der Waals surface area contributed by atoms with Gasteiger partial charge in [0.25, 0.3) is 0 Å². The molecule has 2 bridgehead atoms. The first-order chi connectivity index (χ1) is 10.9. The molecule has 4 unspecified atom stereocenters. The number of nitrogens with one attached hydrogen (secondary N) is 1. The molecule has 1 spiro atoms. The van der Waals surface area contributed by atoms with Gasteiger partial charge in [0.1, 0.15) is 5.60 Å². The molecule has 3 nitrogen and oxygen atoms in total. The van der Waals surface area contributed by atoms with Crippen LogP contribution in [-0.4, -0.2) is 11.7 Å². The van der Waals surface area contributed by atoms with Gasteiger partial charge in [-0.25, -0.2) is 4.79 Å². The summed E-state index contributed by atoms with van der Waals surface area (Å²) >= 11 is 0. The number of rotatable bonds is 2. The number of hydrogen-bond acceptors (Lipinski definition) is 2. The molecule has 1 N–H and O–H groups in total. The van der Waals surface area contributed by atoms with Crippen LogP contribution in [0.3, 0.4) is 0 Å². The third-order valence-corrected chi connectivity index (χ3v) is 6.51. The highest BCUT2D eigenvalue weighted by Gasteiger charge is 2.87. The Morgan fingerprint density at radius 2 is 2.00 bits per heavy atom. The van der Waals surface area contributed by atoms with Crippen molar-refractivity contribution in [1.82, 2.24) is 5.32 Å². The quantitative estimate of drug-likeness (QED) is 0.891. The van der Waals surface area contributed by atoms with Gasteiger partial charge in [-0.1, -0.05) is 30.3 Å². The Hall–Kier alpha value is -1.77. The van der Waals surface area contributed by atoms with E-state index < -0.39 is 5.60 Å². The zero-order valence-electron chi connectivity index (χ0n) is 14.0. The van der Waals surface area contributed by atoms with Gasteiger partial charge in [-0.15, -0.1) is 0 Å². The molecule has 4 aliphatic carbocycles. The largest absolute Gasteiger partial charge is 0.444 e. The zero-order valence-corrected chi connectivity index (χ0v) is 14.0. The number of carbonyl (C=O) groups excluding carboxylic acids is 1. The lowest BCUT2D eigenvalue weighted by atomic mass is 9.58. The van der Waals surface area contributed by atoms with Gasteiger partial charge in [0.2, 0.25) is 0 Å². The van der Waals surface area contributed by atoms with Crippen LogP contribution in [0.2, 0.25) is 0 Å². The molecular weight excluding hydrogens is 286 g/mol. The third-order valence-electron chi connectivity index (χ3n) is 6.51. The molecule has 4 aliphatic rings. The fourth-order valence-electron chi connectivity index (χ4n) is 5.96. The Balaban J connectivity index is 1.49. The van der Waals surface area contributed by atoms with Crippen LogP contribution >= 0.6 is 0 Å². The maximum absolute atomic E-state index is 12.2. The lowest BCUT2D eigenvalue weighted by Crippen LogP contribution is -2.44. The molecule has 1 amide bonds. The molecule has 0 aromatic heterocycles. The highest BCUT2D eigenvalue weighted by atomic mass is 16.6. The van der Waals surface area contributed by atoms with Crippen molar-refractivity contribution in [3.8, 4) is 0 Å². The summed E-state index contributed by atoms with van der Waals surface area (Å²) in [5, 5.41) is 3.12. The fourth-order valence-corrected chi connectivity index (χ4v) is 5.96. The van der Waals surface area contributed by atoms with Gasteiger partial charge in [-0.2, -0.15) is 0 Å². The van der Waals surface area contributed by atoms with Crippen LogP contribution in [0.4, 0.5) is 4.79 Å². The molecule has 0 aliphatic heterocycles. The van der Waals surface area contributed by atoms with Gasteiger partial charge in [0, 0.05) is 17.0 Å². The second-order valence-corrected chi connectivity index (χ2v) is 8.75. The number of ether oxygens (including phenoxy) is 1. The van der Waals surface area contributed by atoms with Crippen LogP contribution < -0.4 is 5.32 Å². The number of benzene rings is 1. The summed E-state index contributed by atoms with van der Waals surface area (Å²) in [5.74, 6) is 1.25. The first kappa shape index (κ1) is 13.6. The monoisotopic (exact) mass is 309 g/mol. The van der Waals surface area contributed by atoms with Gasteiger partial charge < -0.3 is 4.74 Å². The van der Waals surface area contributed by atoms with Crippen molar-refractivity contribution in [2.45, 2.75) is 51.0 Å². The highest BCUT2D eigenvalue weighted by molar-refractivity contribution is 5.74. The van der Waals surface area contributed by atoms with Crippen LogP contribution in [0.5, 0.6) is 0 Å². The van der Waals surface area contributed by atoms with Gasteiger partial charge in [-0.05, 0) is 62.5 Å². The van der Waals surface area contributed by atoms with Crippen LogP contribution in [0, 0.1) is 17.3 Å². The highest BCUT2D eigenvalue weighted by Crippen LogP contribution is 2.92. The molecule has 1 aromatic carbocycles. The smallest absolute Gasteiger partial charge is 0.411 e. The molecule has 3 saturated carbocycles. The Morgan fingerprint density at radius 1 is 1.26 bits per heavy atom. The van der Waals surface area contributed by atoms with E-state index in [1.165, 1.54) is 36.1 Å². The first-order valence-electron chi connectivity index (χ1n) is 8.67. The van der Waals surface area contributed by atoms with E-state index in [2.05, 4.69) is 35.6 Å². The molecule has 1 aromatic rings. The van der Waals surface area contributed by atoms with Crippen LogP contribution in [0.15, 0.2) is 41.6 Å². The summed E-state index contributed by atoms with van der Waals surface area (Å²) in [5.41, 5.74) is 4.45. The molecule has 0 radical (unpaired) electrons. The van der Waals surface area contributed by atoms with E-state index in [-0.39, 0.29) is 11.5 Å². The number of hydrogen-bond donors (Lipinski definition) is 1. The summed E-state index contributed by atoms with van der Waals surface area (Å²) < 4.78 is 5.47. The molecule has 3 fully saturated rings. The molecule has 120 valence electrons. The van der Waals surface area contributed by atoms with E-state index in [0.29, 0.717) is 17.3 Å². The molecule has 4 atom stereocenters. The van der Waals surface area contributed by atoms with Gasteiger partial charge in [0.15, 0.2) is 0 Å². The van der Waals surface area contributed by atoms with Crippen molar-refractivity contribution >= 4 is 6.09 Å². The summed E-state index contributed by atoms with van der Waals surface area (Å²) in [7, 11) is 0. The molecular formula is C20H23NO2. The van der Waals surface area contributed by atoms with Gasteiger partial charge in [-0.3, -0.25) is 5.32 Å². The molecule has 5 rings (SSSR count). The Labute approximate surface area is 137 Å². The minimum atomic E-state index is -0.451. The molecule has 3 heteroatoms. The van der Waals surface area contributed by atoms with Crippen molar-refractivity contribution in [3.05, 3.63) is 47.2 Å². The standard InChI is InChI=1S/C20H23NO2/c1-18(2,3)23-17(22)21-16-12-9-14-15(16)20(11-19(14,20)10-12)13-7-5-4-6-8-13/h4-8,12,14H,9-11H2,1-3H3,(H,21,22). The fraction of sp³-hybridized carbons (Fsp3) is 0.550. The SMILES string of the molecule is CC(C)(C)OC(=O)NC1=C2C3CC1CC31CC21c1ccccc1. The predicted molar refractivity (Wildman–Crippen MR) is 87.8 cm³/mol. The minimum Gasteiger partial charge on any atom is -0.444 e. The van der Waals surface area contributed by atoms with E-state index in [0.717, 1.165) is 0 Å². The minimum absolute atomic E-state index is 0.232. The van der Waals surface area contributed by atoms with Crippen molar-refractivity contribution in [2.24, 2.45) is 17.3 Å². The average Bonchev–Trinajstić information content (AvgIpc) is 2.71. The maximum Gasteiger partial charge on any atom is 0.411 e. The van der Waals surface area contributed by atoms with Gasteiger partial charge in [0.05, 0.1) is 0 Å². The maximum atomic E-state index is 12.2. The lowest BCUT2D eigenvalue weighted by molar-refractivity contribution is 0.0535. The molecule has 0 saturated heterocycles. The zero-order chi connectivity index (χ0) is 16.0. The molecule has 23 heavy (non-hydrogen) atoms. The summed E-state index contributed by atoms with van der Waals surface area (Å²) in [6.45, 7) is 5.73. The van der Waals surface area contributed by atoms with E-state index >= 15 is 0 Å². The summed E-state index contributed by atoms with van der Waals surface area (Å²) in [6, 6.07) is 10.9. The second-order valence-electron chi connectivity index (χ2n) is 8.75. The van der Waals surface area contributed by atoms with Gasteiger partial charge >= 0.3 is 6.09 Å². The summed E-state index contributed by atoms with van der Waals surface area (Å²) in [4.78, 5) is 12.2. The normalized spacial score (nSPS) is 38.9.